The summed E-state index contributed by atoms with van der Waals surface area (Å²) in [5.41, 5.74) is 1.26. The van der Waals surface area contributed by atoms with Gasteiger partial charge in [0, 0.05) is 7.05 Å². The predicted octanol–water partition coefficient (Wildman–Crippen LogP) is 3.10. The third kappa shape index (κ3) is 12.5. The fraction of sp³-hybridized carbons (Fsp3) is 0.600. The molecule has 0 rings (SSSR count). The second kappa shape index (κ2) is 12.0. The maximum atomic E-state index is 2.96. The van der Waals surface area contributed by atoms with Gasteiger partial charge in [-0.05, 0) is 25.1 Å². The molecule has 0 unspecified atom stereocenters. The van der Waals surface area contributed by atoms with Gasteiger partial charge in [0.2, 0.25) is 0 Å². The number of rotatable bonds is 3. The van der Waals surface area contributed by atoms with Crippen LogP contribution in [0.5, 0.6) is 0 Å². The topological polar surface area (TPSA) is 12.0 Å². The lowest BCUT2D eigenvalue weighted by Crippen LogP contribution is -1.92. The molecule has 0 atom stereocenters. The molecule has 0 aliphatic carbocycles. The van der Waals surface area contributed by atoms with Crippen LogP contribution in [-0.2, 0) is 0 Å². The Morgan fingerprint density at radius 2 is 1.91 bits per heavy atom. The monoisotopic (exact) mass is 155 g/mol. The van der Waals surface area contributed by atoms with E-state index in [1.807, 2.05) is 27.1 Å². The number of nitrogens with one attached hydrogen (secondary N) is 1. The molecule has 0 amide bonds. The molecular formula is C10H21N. The summed E-state index contributed by atoms with van der Waals surface area (Å²) in [6.45, 7) is 8.20. The first-order valence-electron chi connectivity index (χ1n) is 4.31. The van der Waals surface area contributed by atoms with Gasteiger partial charge in [-0.3, -0.25) is 0 Å². The van der Waals surface area contributed by atoms with E-state index in [4.69, 9.17) is 0 Å². The SMILES string of the molecule is CC.CC/C=C\C(C)=C/NC. The van der Waals surface area contributed by atoms with Gasteiger partial charge >= 0.3 is 0 Å². The van der Waals surface area contributed by atoms with Gasteiger partial charge in [0.05, 0.1) is 0 Å². The average Bonchev–Trinajstić information content (AvgIpc) is 2.05. The van der Waals surface area contributed by atoms with Gasteiger partial charge in [-0.1, -0.05) is 32.9 Å². The quantitative estimate of drug-likeness (QED) is 0.617. The highest BCUT2D eigenvalue weighted by Crippen LogP contribution is 1.92. The van der Waals surface area contributed by atoms with E-state index in [1.54, 1.807) is 0 Å². The molecule has 0 saturated carbocycles. The summed E-state index contributed by atoms with van der Waals surface area (Å²) in [5.74, 6) is 0. The molecule has 0 aromatic carbocycles. The Bertz CT molecular complexity index is 112. The first kappa shape index (κ1) is 12.9. The zero-order valence-electron chi connectivity index (χ0n) is 8.44. The molecular weight excluding hydrogens is 134 g/mol. The van der Waals surface area contributed by atoms with Crippen LogP contribution in [-0.4, -0.2) is 7.05 Å². The van der Waals surface area contributed by atoms with E-state index < -0.39 is 0 Å². The summed E-state index contributed by atoms with van der Waals surface area (Å²) in [7, 11) is 1.91. The maximum absolute atomic E-state index is 2.96. The van der Waals surface area contributed by atoms with Crippen molar-refractivity contribution in [3.63, 3.8) is 0 Å². The number of hydrogen-bond donors (Lipinski definition) is 1. The first-order valence-corrected chi connectivity index (χ1v) is 4.31. The van der Waals surface area contributed by atoms with E-state index in [1.165, 1.54) is 5.57 Å². The minimum atomic E-state index is 1.11. The Labute approximate surface area is 71.2 Å². The second-order valence-electron chi connectivity index (χ2n) is 1.99. The Kier molecular flexibility index (Phi) is 14.1. The number of allylic oxidation sites excluding steroid dienone is 3. The Morgan fingerprint density at radius 1 is 1.36 bits per heavy atom. The summed E-state index contributed by atoms with van der Waals surface area (Å²) >= 11 is 0. The summed E-state index contributed by atoms with van der Waals surface area (Å²) in [6.07, 6.45) is 7.33. The highest BCUT2D eigenvalue weighted by molar-refractivity contribution is 5.14. The van der Waals surface area contributed by atoms with Crippen LogP contribution in [0.1, 0.15) is 34.1 Å². The summed E-state index contributed by atoms with van der Waals surface area (Å²) in [6, 6.07) is 0. The normalized spacial score (nSPS) is 10.8. The van der Waals surface area contributed by atoms with E-state index in [0.717, 1.165) is 6.42 Å². The predicted molar refractivity (Wildman–Crippen MR) is 53.6 cm³/mol. The Morgan fingerprint density at radius 3 is 2.27 bits per heavy atom. The van der Waals surface area contributed by atoms with Crippen LogP contribution in [0.25, 0.3) is 0 Å². The third-order valence-electron chi connectivity index (χ3n) is 0.988. The Hall–Kier alpha value is -0.720. The van der Waals surface area contributed by atoms with E-state index in [0.29, 0.717) is 0 Å². The molecule has 1 N–H and O–H groups in total. The van der Waals surface area contributed by atoms with Gasteiger partial charge < -0.3 is 5.32 Å². The highest BCUT2D eigenvalue weighted by Gasteiger charge is 1.75. The summed E-state index contributed by atoms with van der Waals surface area (Å²) in [4.78, 5) is 0. The molecule has 1 nitrogen and oxygen atoms in total. The lowest BCUT2D eigenvalue weighted by Gasteiger charge is -1.89. The fourth-order valence-corrected chi connectivity index (χ4v) is 0.580. The minimum absolute atomic E-state index is 1.11. The van der Waals surface area contributed by atoms with Crippen molar-refractivity contribution in [3.8, 4) is 0 Å². The van der Waals surface area contributed by atoms with Crippen LogP contribution < -0.4 is 5.32 Å². The van der Waals surface area contributed by atoms with Gasteiger partial charge in [-0.25, -0.2) is 0 Å². The van der Waals surface area contributed by atoms with E-state index in [2.05, 4.69) is 31.3 Å². The smallest absolute Gasteiger partial charge is 0.00277 e. The molecule has 0 bridgehead atoms. The van der Waals surface area contributed by atoms with Crippen molar-refractivity contribution >= 4 is 0 Å². The standard InChI is InChI=1S/C8H15N.C2H6/c1-4-5-6-8(2)7-9-3;1-2/h5-7,9H,4H2,1-3H3;1-2H3/b6-5-,8-7-;. The first-order chi connectivity index (χ1) is 5.31. The number of hydrogen-bond acceptors (Lipinski definition) is 1. The molecule has 0 fully saturated rings. The molecule has 0 heterocycles. The third-order valence-corrected chi connectivity index (χ3v) is 0.988. The van der Waals surface area contributed by atoms with Crippen LogP contribution in [0.4, 0.5) is 0 Å². The zero-order chi connectivity index (χ0) is 9.11. The molecule has 0 aromatic rings. The molecule has 0 aliphatic heterocycles. The Balaban J connectivity index is 0. The van der Waals surface area contributed by atoms with Crippen molar-refractivity contribution in [2.24, 2.45) is 0 Å². The van der Waals surface area contributed by atoms with E-state index >= 15 is 0 Å². The van der Waals surface area contributed by atoms with Gasteiger partial charge in [0.25, 0.3) is 0 Å². The molecule has 1 heteroatoms. The minimum Gasteiger partial charge on any atom is -0.394 e. The molecule has 0 saturated heterocycles. The van der Waals surface area contributed by atoms with Crippen molar-refractivity contribution in [1.29, 1.82) is 0 Å². The van der Waals surface area contributed by atoms with Crippen molar-refractivity contribution in [1.82, 2.24) is 5.32 Å². The van der Waals surface area contributed by atoms with Crippen molar-refractivity contribution in [3.05, 3.63) is 23.9 Å². The molecule has 0 spiro atoms. The van der Waals surface area contributed by atoms with Crippen molar-refractivity contribution < 1.29 is 0 Å². The average molecular weight is 155 g/mol. The molecule has 11 heavy (non-hydrogen) atoms. The van der Waals surface area contributed by atoms with Crippen molar-refractivity contribution in [2.45, 2.75) is 34.1 Å². The summed E-state index contributed by atoms with van der Waals surface area (Å²) in [5, 5.41) is 2.96. The molecule has 0 aromatic heterocycles. The van der Waals surface area contributed by atoms with Crippen molar-refractivity contribution in [2.75, 3.05) is 7.05 Å². The van der Waals surface area contributed by atoms with Gasteiger partial charge in [-0.2, -0.15) is 0 Å². The van der Waals surface area contributed by atoms with Gasteiger partial charge in [0.1, 0.15) is 0 Å². The van der Waals surface area contributed by atoms with Crippen LogP contribution >= 0.6 is 0 Å². The lowest BCUT2D eigenvalue weighted by atomic mass is 10.3. The second-order valence-corrected chi connectivity index (χ2v) is 1.99. The van der Waals surface area contributed by atoms with Crippen LogP contribution in [0, 0.1) is 0 Å². The van der Waals surface area contributed by atoms with Crippen LogP contribution in [0.2, 0.25) is 0 Å². The zero-order valence-corrected chi connectivity index (χ0v) is 8.44. The van der Waals surface area contributed by atoms with E-state index in [9.17, 15) is 0 Å². The van der Waals surface area contributed by atoms with E-state index in [-0.39, 0.29) is 0 Å². The molecule has 66 valence electrons. The van der Waals surface area contributed by atoms with Crippen LogP contribution in [0.15, 0.2) is 23.9 Å². The maximum Gasteiger partial charge on any atom is 0.00277 e. The fourth-order valence-electron chi connectivity index (χ4n) is 0.580. The van der Waals surface area contributed by atoms with Gasteiger partial charge in [0.15, 0.2) is 0 Å². The lowest BCUT2D eigenvalue weighted by molar-refractivity contribution is 1.08. The highest BCUT2D eigenvalue weighted by atomic mass is 14.8. The largest absolute Gasteiger partial charge is 0.394 e. The van der Waals surface area contributed by atoms with Gasteiger partial charge in [-0.15, -0.1) is 0 Å². The molecule has 0 radical (unpaired) electrons. The molecule has 0 aliphatic rings. The summed E-state index contributed by atoms with van der Waals surface area (Å²) < 4.78 is 0. The van der Waals surface area contributed by atoms with Crippen LogP contribution in [0.3, 0.4) is 0 Å².